The van der Waals surface area contributed by atoms with Gasteiger partial charge in [0, 0.05) is 6.42 Å². The van der Waals surface area contributed by atoms with Crippen molar-refractivity contribution in [3.05, 3.63) is 23.7 Å². The number of thioether (sulfide) groups is 1. The number of hydrogen-bond acceptors (Lipinski definition) is 3. The maximum atomic E-state index is 5.64. The van der Waals surface area contributed by atoms with Crippen molar-refractivity contribution in [1.29, 1.82) is 0 Å². The summed E-state index contributed by atoms with van der Waals surface area (Å²) in [5.41, 5.74) is 0.313. The zero-order valence-electron chi connectivity index (χ0n) is 9.75. The van der Waals surface area contributed by atoms with Crippen molar-refractivity contribution in [1.82, 2.24) is 0 Å². The molecule has 0 bridgehead atoms. The third kappa shape index (κ3) is 4.56. The fourth-order valence-electron chi connectivity index (χ4n) is 1.16. The molecule has 0 amide bonds. The molecule has 0 aromatic carbocycles. The van der Waals surface area contributed by atoms with Crippen molar-refractivity contribution in [2.45, 2.75) is 32.9 Å². The molecule has 0 aliphatic rings. The van der Waals surface area contributed by atoms with Gasteiger partial charge < -0.3 is 4.42 Å². The zero-order valence-corrected chi connectivity index (χ0v) is 11.5. The van der Waals surface area contributed by atoms with E-state index >= 15 is 0 Å². The fraction of sp³-hybridized carbons (Fsp3) is 0.667. The Morgan fingerprint density at radius 1 is 1.33 bits per heavy atom. The number of aryl methyl sites for hydroxylation is 1. The number of hydrogen-bond donors (Lipinski definition) is 1. The molecule has 0 fully saturated rings. The summed E-state index contributed by atoms with van der Waals surface area (Å²) in [5.74, 6) is 5.19. The van der Waals surface area contributed by atoms with E-state index in [1.807, 2.05) is 11.8 Å². The van der Waals surface area contributed by atoms with Gasteiger partial charge in [-0.15, -0.1) is 0 Å². The molecule has 0 saturated heterocycles. The second kappa shape index (κ2) is 5.90. The van der Waals surface area contributed by atoms with Gasteiger partial charge in [0.25, 0.3) is 0 Å². The number of furan rings is 1. The molecule has 0 spiro atoms. The van der Waals surface area contributed by atoms with Crippen LogP contribution in [-0.2, 0) is 12.2 Å². The van der Waals surface area contributed by atoms with Gasteiger partial charge in [-0.2, -0.15) is 24.4 Å². The van der Waals surface area contributed by atoms with E-state index < -0.39 is 0 Å². The molecule has 0 aliphatic heterocycles. The topological polar surface area (TPSA) is 13.1 Å². The Kier molecular flexibility index (Phi) is 5.13. The van der Waals surface area contributed by atoms with Crippen LogP contribution in [0.15, 0.2) is 16.5 Å². The van der Waals surface area contributed by atoms with Crippen LogP contribution in [-0.4, -0.2) is 11.5 Å². The van der Waals surface area contributed by atoms with E-state index in [-0.39, 0.29) is 0 Å². The Balaban J connectivity index is 2.31. The van der Waals surface area contributed by atoms with Gasteiger partial charge in [-0.05, 0) is 29.1 Å². The van der Waals surface area contributed by atoms with Crippen LogP contribution in [0.25, 0.3) is 0 Å². The van der Waals surface area contributed by atoms with Crippen molar-refractivity contribution in [2.24, 2.45) is 5.41 Å². The van der Waals surface area contributed by atoms with Gasteiger partial charge in [0.1, 0.15) is 11.5 Å². The number of thiol groups is 1. The lowest BCUT2D eigenvalue weighted by atomic mass is 10.0. The van der Waals surface area contributed by atoms with Crippen LogP contribution < -0.4 is 0 Å². The predicted molar refractivity (Wildman–Crippen MR) is 71.9 cm³/mol. The average Bonchev–Trinajstić information content (AvgIpc) is 2.66. The SMILES string of the molecule is CCc1ccc(CSCC(C)(C)CS)o1. The summed E-state index contributed by atoms with van der Waals surface area (Å²) in [7, 11) is 0. The Bertz CT molecular complexity index is 292. The molecule has 1 nitrogen and oxygen atoms in total. The second-order valence-corrected chi connectivity index (χ2v) is 5.84. The average molecular weight is 244 g/mol. The van der Waals surface area contributed by atoms with Crippen LogP contribution in [0.3, 0.4) is 0 Å². The highest BCUT2D eigenvalue weighted by atomic mass is 32.2. The van der Waals surface area contributed by atoms with Gasteiger partial charge >= 0.3 is 0 Å². The van der Waals surface area contributed by atoms with Crippen LogP contribution in [0.5, 0.6) is 0 Å². The lowest BCUT2D eigenvalue weighted by molar-refractivity contribution is 0.481. The Labute approximate surface area is 102 Å². The maximum Gasteiger partial charge on any atom is 0.114 e. The van der Waals surface area contributed by atoms with E-state index in [0.717, 1.165) is 35.2 Å². The van der Waals surface area contributed by atoms with E-state index in [4.69, 9.17) is 4.42 Å². The van der Waals surface area contributed by atoms with E-state index in [0.29, 0.717) is 5.41 Å². The van der Waals surface area contributed by atoms with Gasteiger partial charge in [0.15, 0.2) is 0 Å². The van der Waals surface area contributed by atoms with E-state index in [2.05, 4.69) is 45.5 Å². The molecule has 0 aliphatic carbocycles. The molecular weight excluding hydrogens is 224 g/mol. The van der Waals surface area contributed by atoms with Gasteiger partial charge in [-0.25, -0.2) is 0 Å². The molecular formula is C12H20OS2. The molecule has 0 atom stereocenters. The molecule has 1 rings (SSSR count). The molecule has 0 N–H and O–H groups in total. The standard InChI is InChI=1S/C12H20OS2/c1-4-10-5-6-11(13-10)7-15-9-12(2,3)8-14/h5-6,14H,4,7-9H2,1-3H3. The summed E-state index contributed by atoms with van der Waals surface area (Å²) in [6.07, 6.45) is 0.979. The van der Waals surface area contributed by atoms with E-state index in [9.17, 15) is 0 Å². The van der Waals surface area contributed by atoms with Crippen LogP contribution in [0, 0.1) is 5.41 Å². The fourth-order valence-corrected chi connectivity index (χ4v) is 2.54. The first-order chi connectivity index (χ1) is 7.07. The third-order valence-electron chi connectivity index (χ3n) is 2.23. The van der Waals surface area contributed by atoms with E-state index in [1.165, 1.54) is 0 Å². The highest BCUT2D eigenvalue weighted by Gasteiger charge is 2.15. The molecule has 3 heteroatoms. The highest BCUT2D eigenvalue weighted by molar-refractivity contribution is 7.98. The van der Waals surface area contributed by atoms with Crippen LogP contribution >= 0.6 is 24.4 Å². The molecule has 0 radical (unpaired) electrons. The summed E-state index contributed by atoms with van der Waals surface area (Å²) in [6.45, 7) is 6.60. The third-order valence-corrected chi connectivity index (χ3v) is 4.56. The molecule has 86 valence electrons. The summed E-state index contributed by atoms with van der Waals surface area (Å²) < 4.78 is 5.64. The van der Waals surface area contributed by atoms with Crippen molar-refractivity contribution < 1.29 is 4.42 Å². The van der Waals surface area contributed by atoms with Gasteiger partial charge in [0.2, 0.25) is 0 Å². The minimum Gasteiger partial charge on any atom is -0.465 e. The Morgan fingerprint density at radius 2 is 2.00 bits per heavy atom. The Hall–Kier alpha value is -0.0200. The molecule has 0 unspecified atom stereocenters. The summed E-state index contributed by atoms with van der Waals surface area (Å²) >= 11 is 6.26. The molecule has 0 saturated carbocycles. The van der Waals surface area contributed by atoms with Gasteiger partial charge in [-0.3, -0.25) is 0 Å². The first kappa shape index (κ1) is 13.0. The van der Waals surface area contributed by atoms with Crippen LogP contribution in [0.1, 0.15) is 32.3 Å². The predicted octanol–water partition coefficient (Wildman–Crippen LogP) is 4.03. The molecule has 1 heterocycles. The molecule has 1 aromatic rings. The normalized spacial score (nSPS) is 12.0. The Morgan fingerprint density at radius 3 is 2.53 bits per heavy atom. The summed E-state index contributed by atoms with van der Waals surface area (Å²) in [5, 5.41) is 0. The van der Waals surface area contributed by atoms with Crippen LogP contribution in [0.4, 0.5) is 0 Å². The van der Waals surface area contributed by atoms with Crippen molar-refractivity contribution in [3.8, 4) is 0 Å². The summed E-state index contributed by atoms with van der Waals surface area (Å²) in [6, 6.07) is 4.15. The number of rotatable bonds is 6. The first-order valence-corrected chi connectivity index (χ1v) is 7.12. The van der Waals surface area contributed by atoms with Gasteiger partial charge in [-0.1, -0.05) is 20.8 Å². The minimum absolute atomic E-state index is 0.313. The van der Waals surface area contributed by atoms with Crippen molar-refractivity contribution in [2.75, 3.05) is 11.5 Å². The molecule has 1 aromatic heterocycles. The summed E-state index contributed by atoms with van der Waals surface area (Å²) in [4.78, 5) is 0. The van der Waals surface area contributed by atoms with Crippen LogP contribution in [0.2, 0.25) is 0 Å². The lowest BCUT2D eigenvalue weighted by Crippen LogP contribution is -2.16. The minimum atomic E-state index is 0.313. The molecule has 15 heavy (non-hydrogen) atoms. The highest BCUT2D eigenvalue weighted by Crippen LogP contribution is 2.25. The smallest absolute Gasteiger partial charge is 0.114 e. The van der Waals surface area contributed by atoms with Crippen molar-refractivity contribution >= 4 is 24.4 Å². The first-order valence-electron chi connectivity index (χ1n) is 5.33. The maximum absolute atomic E-state index is 5.64. The largest absolute Gasteiger partial charge is 0.465 e. The second-order valence-electron chi connectivity index (χ2n) is 4.54. The quantitative estimate of drug-likeness (QED) is 0.759. The zero-order chi connectivity index (χ0) is 11.3. The van der Waals surface area contributed by atoms with E-state index in [1.54, 1.807) is 0 Å². The van der Waals surface area contributed by atoms with Crippen molar-refractivity contribution in [3.63, 3.8) is 0 Å². The monoisotopic (exact) mass is 244 g/mol. The lowest BCUT2D eigenvalue weighted by Gasteiger charge is -2.20. The van der Waals surface area contributed by atoms with Gasteiger partial charge in [0.05, 0.1) is 5.75 Å².